The van der Waals surface area contributed by atoms with Gasteiger partial charge in [0.25, 0.3) is 0 Å². The number of halogens is 1. The van der Waals surface area contributed by atoms with E-state index in [4.69, 9.17) is 4.74 Å². The maximum Gasteiger partial charge on any atom is 0.224 e. The molecule has 1 rings (SSSR count). The quantitative estimate of drug-likeness (QED) is 0.713. The second-order valence-electron chi connectivity index (χ2n) is 3.17. The van der Waals surface area contributed by atoms with E-state index in [1.807, 2.05) is 6.92 Å². The molecule has 0 aromatic heterocycles. The summed E-state index contributed by atoms with van der Waals surface area (Å²) in [5.41, 5.74) is 0. The van der Waals surface area contributed by atoms with Gasteiger partial charge in [0.15, 0.2) is 0 Å². The average Bonchev–Trinajstić information content (AvgIpc) is 2.50. The van der Waals surface area contributed by atoms with Gasteiger partial charge in [0.2, 0.25) is 10.0 Å². The number of nitrogens with zero attached hydrogens (tertiary/aromatic N) is 1. The standard InChI is InChI=1S/C7H14BrNO3S/c1-6-7(3-4-12-6)9(2)13(10,11)5-8/h6-7H,3-5H2,1-2H3. The molecule has 1 aliphatic rings. The summed E-state index contributed by atoms with van der Waals surface area (Å²) < 4.78 is 29.6. The van der Waals surface area contributed by atoms with Crippen molar-refractivity contribution in [2.45, 2.75) is 25.5 Å². The van der Waals surface area contributed by atoms with Gasteiger partial charge in [0.1, 0.15) is 4.66 Å². The highest BCUT2D eigenvalue weighted by Gasteiger charge is 2.33. The van der Waals surface area contributed by atoms with E-state index >= 15 is 0 Å². The molecule has 1 heterocycles. The Bertz CT molecular complexity index is 267. The number of hydrogen-bond acceptors (Lipinski definition) is 3. The van der Waals surface area contributed by atoms with E-state index in [2.05, 4.69) is 15.9 Å². The van der Waals surface area contributed by atoms with E-state index in [0.29, 0.717) is 6.61 Å². The lowest BCUT2D eigenvalue weighted by Gasteiger charge is -2.24. The molecule has 1 aliphatic heterocycles. The van der Waals surface area contributed by atoms with Crippen molar-refractivity contribution in [2.24, 2.45) is 0 Å². The van der Waals surface area contributed by atoms with Crippen LogP contribution in [0.5, 0.6) is 0 Å². The summed E-state index contributed by atoms with van der Waals surface area (Å²) in [5, 5.41) is 0. The van der Waals surface area contributed by atoms with Crippen molar-refractivity contribution in [1.29, 1.82) is 0 Å². The fourth-order valence-corrected chi connectivity index (χ4v) is 3.29. The minimum absolute atomic E-state index is 0.00109. The minimum Gasteiger partial charge on any atom is -0.377 e. The van der Waals surface area contributed by atoms with Gasteiger partial charge in [-0.15, -0.1) is 0 Å². The van der Waals surface area contributed by atoms with Gasteiger partial charge in [-0.05, 0) is 13.3 Å². The highest BCUT2D eigenvalue weighted by atomic mass is 79.9. The van der Waals surface area contributed by atoms with Crippen molar-refractivity contribution in [1.82, 2.24) is 4.31 Å². The highest BCUT2D eigenvalue weighted by molar-refractivity contribution is 9.10. The summed E-state index contributed by atoms with van der Waals surface area (Å²) in [4.78, 5) is 0. The normalized spacial score (nSPS) is 29.8. The first-order chi connectivity index (χ1) is 5.99. The summed E-state index contributed by atoms with van der Waals surface area (Å²) in [7, 11) is -1.54. The maximum atomic E-state index is 11.5. The van der Waals surface area contributed by atoms with Crippen LogP contribution in [0.4, 0.5) is 0 Å². The molecular formula is C7H14BrNO3S. The monoisotopic (exact) mass is 271 g/mol. The van der Waals surface area contributed by atoms with E-state index < -0.39 is 10.0 Å². The zero-order valence-electron chi connectivity index (χ0n) is 7.73. The zero-order valence-corrected chi connectivity index (χ0v) is 10.1. The van der Waals surface area contributed by atoms with Crippen LogP contribution in [0.2, 0.25) is 0 Å². The average molecular weight is 272 g/mol. The van der Waals surface area contributed by atoms with Crippen LogP contribution >= 0.6 is 15.9 Å². The predicted octanol–water partition coefficient (Wildman–Crippen LogP) is 0.778. The molecular weight excluding hydrogens is 258 g/mol. The summed E-state index contributed by atoms with van der Waals surface area (Å²) >= 11 is 2.97. The summed E-state index contributed by atoms with van der Waals surface area (Å²) in [6.07, 6.45) is 0.781. The Morgan fingerprint density at radius 2 is 2.23 bits per heavy atom. The molecule has 78 valence electrons. The molecule has 0 aromatic carbocycles. The number of alkyl halides is 1. The van der Waals surface area contributed by atoms with E-state index in [9.17, 15) is 8.42 Å². The zero-order chi connectivity index (χ0) is 10.1. The number of likely N-dealkylation sites (N-methyl/N-ethyl adjacent to an activating group) is 1. The maximum absolute atomic E-state index is 11.5. The molecule has 6 heteroatoms. The number of rotatable bonds is 3. The molecule has 0 amide bonds. The van der Waals surface area contributed by atoms with E-state index in [1.165, 1.54) is 4.31 Å². The molecule has 0 saturated carbocycles. The van der Waals surface area contributed by atoms with Gasteiger partial charge in [0, 0.05) is 13.7 Å². The highest BCUT2D eigenvalue weighted by Crippen LogP contribution is 2.21. The topological polar surface area (TPSA) is 46.6 Å². The van der Waals surface area contributed by atoms with Crippen molar-refractivity contribution in [2.75, 3.05) is 18.3 Å². The van der Waals surface area contributed by atoms with Crippen LogP contribution in [0, 0.1) is 0 Å². The van der Waals surface area contributed by atoms with E-state index in [0.717, 1.165) is 6.42 Å². The van der Waals surface area contributed by atoms with Crippen molar-refractivity contribution < 1.29 is 13.2 Å². The van der Waals surface area contributed by atoms with Gasteiger partial charge in [-0.3, -0.25) is 0 Å². The van der Waals surface area contributed by atoms with Crippen LogP contribution in [0.3, 0.4) is 0 Å². The lowest BCUT2D eigenvalue weighted by atomic mass is 10.2. The van der Waals surface area contributed by atoms with Crippen molar-refractivity contribution >= 4 is 26.0 Å². The second kappa shape index (κ2) is 4.25. The molecule has 0 spiro atoms. The van der Waals surface area contributed by atoms with Crippen LogP contribution < -0.4 is 0 Å². The molecule has 1 saturated heterocycles. The summed E-state index contributed by atoms with van der Waals surface area (Å²) in [5.74, 6) is 0. The molecule has 1 fully saturated rings. The van der Waals surface area contributed by atoms with Gasteiger partial charge in [-0.2, -0.15) is 4.31 Å². The molecule has 0 bridgehead atoms. The Kier molecular flexibility index (Phi) is 3.73. The molecule has 2 atom stereocenters. The Balaban J connectivity index is 2.72. The fourth-order valence-electron chi connectivity index (χ4n) is 1.48. The van der Waals surface area contributed by atoms with Crippen LogP contribution in [0.15, 0.2) is 0 Å². The molecule has 0 aliphatic carbocycles. The third-order valence-corrected chi connectivity index (χ3v) is 5.54. The van der Waals surface area contributed by atoms with E-state index in [1.54, 1.807) is 7.05 Å². The number of sulfonamides is 1. The Hall–Kier alpha value is 0.350. The SMILES string of the molecule is CC1OCCC1N(C)S(=O)(=O)CBr. The lowest BCUT2D eigenvalue weighted by Crippen LogP contribution is -2.41. The molecule has 0 radical (unpaired) electrons. The fraction of sp³-hybridized carbons (Fsp3) is 1.00. The first-order valence-electron chi connectivity index (χ1n) is 4.12. The summed E-state index contributed by atoms with van der Waals surface area (Å²) in [6, 6.07) is -0.0115. The van der Waals surface area contributed by atoms with Crippen molar-refractivity contribution in [3.8, 4) is 0 Å². The first-order valence-corrected chi connectivity index (χ1v) is 6.85. The van der Waals surface area contributed by atoms with Crippen LogP contribution in [-0.2, 0) is 14.8 Å². The molecule has 4 nitrogen and oxygen atoms in total. The van der Waals surface area contributed by atoms with Gasteiger partial charge >= 0.3 is 0 Å². The largest absolute Gasteiger partial charge is 0.377 e. The molecule has 0 N–H and O–H groups in total. The number of hydrogen-bond donors (Lipinski definition) is 0. The lowest BCUT2D eigenvalue weighted by molar-refractivity contribution is 0.102. The Labute approximate surface area is 87.4 Å². The van der Waals surface area contributed by atoms with Gasteiger partial charge in [-0.25, -0.2) is 8.42 Å². The van der Waals surface area contributed by atoms with Crippen LogP contribution in [0.25, 0.3) is 0 Å². The van der Waals surface area contributed by atoms with Gasteiger partial charge in [0.05, 0.1) is 12.1 Å². The van der Waals surface area contributed by atoms with Crippen molar-refractivity contribution in [3.05, 3.63) is 0 Å². The van der Waals surface area contributed by atoms with Gasteiger partial charge < -0.3 is 4.74 Å². The first kappa shape index (κ1) is 11.4. The van der Waals surface area contributed by atoms with Gasteiger partial charge in [-0.1, -0.05) is 15.9 Å². The second-order valence-corrected chi connectivity index (χ2v) is 6.50. The van der Waals surface area contributed by atoms with E-state index in [-0.39, 0.29) is 16.8 Å². The minimum atomic E-state index is -3.14. The molecule has 0 aromatic rings. The number of ether oxygens (including phenoxy) is 1. The predicted molar refractivity (Wildman–Crippen MR) is 54.3 cm³/mol. The molecule has 2 unspecified atom stereocenters. The Morgan fingerprint density at radius 3 is 2.62 bits per heavy atom. The third-order valence-electron chi connectivity index (χ3n) is 2.38. The smallest absolute Gasteiger partial charge is 0.224 e. The van der Waals surface area contributed by atoms with Crippen LogP contribution in [0.1, 0.15) is 13.3 Å². The van der Waals surface area contributed by atoms with Crippen molar-refractivity contribution in [3.63, 3.8) is 0 Å². The van der Waals surface area contributed by atoms with Crippen LogP contribution in [-0.4, -0.2) is 43.2 Å². The Morgan fingerprint density at radius 1 is 1.62 bits per heavy atom. The third kappa shape index (κ3) is 2.43. The summed E-state index contributed by atoms with van der Waals surface area (Å²) in [6.45, 7) is 2.55. The molecule has 13 heavy (non-hydrogen) atoms.